The van der Waals surface area contributed by atoms with Crippen molar-refractivity contribution in [3.05, 3.63) is 56.9 Å². The number of likely N-dealkylation sites (tertiary alicyclic amines) is 2. The van der Waals surface area contributed by atoms with Gasteiger partial charge in [0.05, 0.1) is 36.1 Å². The van der Waals surface area contributed by atoms with Gasteiger partial charge in [0, 0.05) is 34.8 Å². The normalized spacial score (nSPS) is 35.9. The van der Waals surface area contributed by atoms with Crippen LogP contribution in [-0.4, -0.2) is 75.9 Å². The molecule has 2 spiro atoms. The number of aliphatic hydroxyl groups is 1. The molecule has 2 N–H and O–H groups in total. The van der Waals surface area contributed by atoms with Crippen LogP contribution in [0.4, 0.5) is 29.3 Å². The first-order valence-corrected chi connectivity index (χ1v) is 19.8. The number of carbonyl (C=O) groups is 2. The molecule has 0 unspecified atom stereocenters. The summed E-state index contributed by atoms with van der Waals surface area (Å²) in [5.74, 6) is -3.37. The standard InChI is InChI=1S/C38H43F3IN3O7/c39-28-8-7-27(33(32(28)41)43-30-9-6-25(42)17-29(30)40)34(46)44-19-36(48,20-44)31-5-1-2-11-45(31)35(47)49-26-4-3-10-37(18-26)50-38(52-51-37)23-13-21-12-22(15-23)16-24(38)14-21/h6-9,17,21-24,26,31,43,48H,1-5,10-16,18-20H2/t21?,22?,23?,24?,26-,31+,37-,38?/m1/s1. The van der Waals surface area contributed by atoms with Gasteiger partial charge in [0.15, 0.2) is 11.6 Å². The molecule has 5 saturated carbocycles. The number of hydrogen-bond donors (Lipinski definition) is 2. The molecule has 4 bridgehead atoms. The molecule has 10 rings (SSSR count). The van der Waals surface area contributed by atoms with Crippen LogP contribution in [-0.2, 0) is 19.2 Å². The van der Waals surface area contributed by atoms with Gasteiger partial charge in [0.25, 0.3) is 5.91 Å². The third-order valence-corrected chi connectivity index (χ3v) is 13.6. The van der Waals surface area contributed by atoms with Gasteiger partial charge < -0.3 is 29.7 Å². The van der Waals surface area contributed by atoms with Gasteiger partial charge in [0.1, 0.15) is 17.5 Å². The lowest BCUT2D eigenvalue weighted by molar-refractivity contribution is -0.390. The lowest BCUT2D eigenvalue weighted by Gasteiger charge is -2.57. The Kier molecular flexibility index (Phi) is 8.76. The molecule has 2 aromatic rings. The maximum Gasteiger partial charge on any atom is 0.410 e. The second-order valence-corrected chi connectivity index (χ2v) is 17.6. The molecule has 3 saturated heterocycles. The van der Waals surface area contributed by atoms with Crippen molar-refractivity contribution in [1.29, 1.82) is 0 Å². The van der Waals surface area contributed by atoms with Crippen LogP contribution in [0.5, 0.6) is 0 Å². The van der Waals surface area contributed by atoms with Gasteiger partial charge in [0.2, 0.25) is 11.6 Å². The summed E-state index contributed by atoms with van der Waals surface area (Å²) in [4.78, 5) is 42.6. The largest absolute Gasteiger partial charge is 0.446 e. The average molecular weight is 838 g/mol. The number of amides is 2. The summed E-state index contributed by atoms with van der Waals surface area (Å²) in [5.41, 5.74) is -2.26. The fourth-order valence-corrected chi connectivity index (χ4v) is 11.1. The lowest BCUT2D eigenvalue weighted by Crippen LogP contribution is -2.73. The molecule has 3 heterocycles. The average Bonchev–Trinajstić information content (AvgIpc) is 3.47. The summed E-state index contributed by atoms with van der Waals surface area (Å²) in [7, 11) is 0. The SMILES string of the molecule is O=C(c1ccc(F)c(F)c1Nc1ccc(I)cc1F)N1CC(O)([C@@H]2CCCCN2C(=O)O[C@@H]2CCC[C@]3(C2)OOC2(O3)C3CC4CC(C3)CC2C4)C1. The molecule has 3 aliphatic heterocycles. The van der Waals surface area contributed by atoms with Gasteiger partial charge >= 0.3 is 6.09 Å². The summed E-state index contributed by atoms with van der Waals surface area (Å²) < 4.78 is 57.6. The number of halogens is 4. The van der Waals surface area contributed by atoms with Crippen LogP contribution >= 0.6 is 22.6 Å². The molecule has 14 heteroatoms. The summed E-state index contributed by atoms with van der Waals surface area (Å²) in [5, 5.41) is 14.4. The Morgan fingerprint density at radius 2 is 1.67 bits per heavy atom. The van der Waals surface area contributed by atoms with Crippen LogP contribution in [0.3, 0.4) is 0 Å². The van der Waals surface area contributed by atoms with E-state index in [2.05, 4.69) is 5.32 Å². The number of carbonyl (C=O) groups excluding carboxylic acids is 2. The first kappa shape index (κ1) is 35.1. The zero-order valence-electron chi connectivity index (χ0n) is 28.8. The van der Waals surface area contributed by atoms with Gasteiger partial charge in [-0.1, -0.05) is 0 Å². The van der Waals surface area contributed by atoms with Gasteiger partial charge in [-0.3, -0.25) is 4.79 Å². The van der Waals surface area contributed by atoms with E-state index in [1.165, 1.54) is 23.5 Å². The Morgan fingerprint density at radius 3 is 2.40 bits per heavy atom. The fourth-order valence-electron chi connectivity index (χ4n) is 10.7. The van der Waals surface area contributed by atoms with E-state index in [0.29, 0.717) is 47.6 Å². The highest BCUT2D eigenvalue weighted by Crippen LogP contribution is 2.63. The smallest absolute Gasteiger partial charge is 0.410 e. The van der Waals surface area contributed by atoms with E-state index in [-0.39, 0.29) is 24.3 Å². The Hall–Kier alpha value is -2.66. The lowest BCUT2D eigenvalue weighted by atomic mass is 9.53. The molecule has 2 amide bonds. The van der Waals surface area contributed by atoms with E-state index in [4.69, 9.17) is 19.2 Å². The highest BCUT2D eigenvalue weighted by atomic mass is 127. The van der Waals surface area contributed by atoms with Crippen molar-refractivity contribution in [3.63, 3.8) is 0 Å². The van der Waals surface area contributed by atoms with Crippen LogP contribution < -0.4 is 5.32 Å². The van der Waals surface area contributed by atoms with Crippen molar-refractivity contribution in [2.45, 2.75) is 106 Å². The van der Waals surface area contributed by atoms with Gasteiger partial charge in [-0.25, -0.2) is 18.0 Å². The van der Waals surface area contributed by atoms with Crippen LogP contribution in [0.25, 0.3) is 0 Å². The Bertz CT molecular complexity index is 1750. The minimum absolute atomic E-state index is 0.120. The molecule has 2 aromatic carbocycles. The second-order valence-electron chi connectivity index (χ2n) is 16.3. The van der Waals surface area contributed by atoms with Gasteiger partial charge in [-0.2, -0.15) is 9.78 Å². The summed E-state index contributed by atoms with van der Waals surface area (Å²) in [6.07, 6.45) is 9.26. The van der Waals surface area contributed by atoms with E-state index in [1.54, 1.807) is 11.0 Å². The van der Waals surface area contributed by atoms with Crippen LogP contribution in [0.2, 0.25) is 0 Å². The number of nitrogens with one attached hydrogen (secondary N) is 1. The Labute approximate surface area is 313 Å². The quantitative estimate of drug-likeness (QED) is 0.237. The van der Waals surface area contributed by atoms with E-state index >= 15 is 4.39 Å². The van der Waals surface area contributed by atoms with Gasteiger partial charge in [-0.05, 0) is 129 Å². The van der Waals surface area contributed by atoms with Crippen LogP contribution in [0.1, 0.15) is 87.4 Å². The molecule has 10 nitrogen and oxygen atoms in total. The molecule has 8 aliphatic rings. The molecule has 52 heavy (non-hydrogen) atoms. The number of ether oxygens (including phenoxy) is 2. The third-order valence-electron chi connectivity index (χ3n) is 12.9. The van der Waals surface area contributed by atoms with Crippen molar-refractivity contribution in [2.24, 2.45) is 23.7 Å². The first-order valence-electron chi connectivity index (χ1n) is 18.7. The zero-order chi connectivity index (χ0) is 36.0. The maximum atomic E-state index is 15.1. The molecule has 8 fully saturated rings. The number of benzene rings is 2. The molecule has 5 aliphatic carbocycles. The van der Waals surface area contributed by atoms with Crippen molar-refractivity contribution in [1.82, 2.24) is 9.80 Å². The molecule has 3 atom stereocenters. The summed E-state index contributed by atoms with van der Waals surface area (Å²) in [6, 6.07) is 5.57. The summed E-state index contributed by atoms with van der Waals surface area (Å²) in [6.45, 7) is 0.129. The number of β-amino-alcohol motifs (C(OH)–C–C–N with tert-alkyl or cyclic N) is 1. The number of hydrogen-bond acceptors (Lipinski definition) is 8. The number of rotatable bonds is 5. The van der Waals surface area contributed by atoms with Gasteiger partial charge in [-0.15, -0.1) is 0 Å². The highest BCUT2D eigenvalue weighted by Gasteiger charge is 2.67. The fraction of sp³-hybridized carbons (Fsp3) is 0.632. The second kappa shape index (κ2) is 13.0. The molecular formula is C38H43F3IN3O7. The highest BCUT2D eigenvalue weighted by molar-refractivity contribution is 14.1. The zero-order valence-corrected chi connectivity index (χ0v) is 30.9. The maximum absolute atomic E-state index is 15.1. The predicted molar refractivity (Wildman–Crippen MR) is 188 cm³/mol. The molecule has 0 aromatic heterocycles. The predicted octanol–water partition coefficient (Wildman–Crippen LogP) is 7.40. The van der Waals surface area contributed by atoms with Crippen LogP contribution in [0.15, 0.2) is 30.3 Å². The topological polar surface area (TPSA) is 110 Å². The monoisotopic (exact) mass is 837 g/mol. The first-order chi connectivity index (χ1) is 24.9. The number of anilines is 2. The van der Waals surface area contributed by atoms with Crippen molar-refractivity contribution in [2.75, 3.05) is 25.0 Å². The minimum atomic E-state index is -1.44. The van der Waals surface area contributed by atoms with Crippen molar-refractivity contribution < 1.29 is 47.1 Å². The van der Waals surface area contributed by atoms with E-state index < -0.39 is 64.5 Å². The van der Waals surface area contributed by atoms with Crippen LogP contribution in [0, 0.1) is 44.7 Å². The van der Waals surface area contributed by atoms with E-state index in [0.717, 1.165) is 68.9 Å². The molecule has 280 valence electrons. The Morgan fingerprint density at radius 1 is 0.923 bits per heavy atom. The van der Waals surface area contributed by atoms with Crippen molar-refractivity contribution in [3.8, 4) is 0 Å². The van der Waals surface area contributed by atoms with Crippen molar-refractivity contribution >= 4 is 46.0 Å². The Balaban J connectivity index is 0.858. The number of nitrogens with zero attached hydrogens (tertiary/aromatic N) is 2. The molecule has 0 radical (unpaired) electrons. The number of piperidine rings is 1. The molecular weight excluding hydrogens is 794 g/mol. The van der Waals surface area contributed by atoms with E-state index in [9.17, 15) is 23.5 Å². The minimum Gasteiger partial charge on any atom is -0.446 e. The van der Waals surface area contributed by atoms with E-state index in [1.807, 2.05) is 22.6 Å². The third kappa shape index (κ3) is 5.89. The summed E-state index contributed by atoms with van der Waals surface area (Å²) >= 11 is 1.93.